The smallest absolute Gasteiger partial charge is 0.243 e. The molecule has 1 aliphatic rings. The molecule has 4 amide bonds. The molecule has 0 bridgehead atoms. The van der Waals surface area contributed by atoms with Crippen molar-refractivity contribution < 1.29 is 19.2 Å². The summed E-state index contributed by atoms with van der Waals surface area (Å²) in [6.45, 7) is 11.7. The highest BCUT2D eigenvalue weighted by atomic mass is 16.2. The fraction of sp³-hybridized carbons (Fsp3) is 0.500. The predicted octanol–water partition coefficient (Wildman–Crippen LogP) is 2.41. The van der Waals surface area contributed by atoms with E-state index in [0.717, 1.165) is 11.1 Å². The summed E-state index contributed by atoms with van der Waals surface area (Å²) in [4.78, 5) is 52.2. The number of rotatable bonds is 5. The maximum atomic E-state index is 13.3. The summed E-state index contributed by atoms with van der Waals surface area (Å²) in [7, 11) is 0. The van der Waals surface area contributed by atoms with E-state index < -0.39 is 29.9 Å². The molecular weight excluding hydrogens is 456 g/mol. The van der Waals surface area contributed by atoms with Gasteiger partial charge in [0.15, 0.2) is 0 Å². The van der Waals surface area contributed by atoms with E-state index in [1.165, 1.54) is 0 Å². The van der Waals surface area contributed by atoms with Crippen LogP contribution in [0.2, 0.25) is 0 Å². The van der Waals surface area contributed by atoms with Gasteiger partial charge < -0.3 is 21.3 Å². The van der Waals surface area contributed by atoms with Crippen LogP contribution < -0.4 is 21.3 Å². The zero-order valence-corrected chi connectivity index (χ0v) is 21.8. The van der Waals surface area contributed by atoms with Gasteiger partial charge in [-0.25, -0.2) is 0 Å². The van der Waals surface area contributed by atoms with Crippen molar-refractivity contribution in [2.24, 2.45) is 11.8 Å². The molecule has 0 unspecified atom stereocenters. The quantitative estimate of drug-likeness (QED) is 0.501. The first-order valence-electron chi connectivity index (χ1n) is 12.7. The zero-order valence-electron chi connectivity index (χ0n) is 21.8. The van der Waals surface area contributed by atoms with E-state index in [-0.39, 0.29) is 36.6 Å². The summed E-state index contributed by atoms with van der Waals surface area (Å²) in [6.07, 6.45) is 5.12. The summed E-state index contributed by atoms with van der Waals surface area (Å²) in [6, 6.07) is 6.96. The summed E-state index contributed by atoms with van der Waals surface area (Å²) in [5.41, 5.74) is 1.64. The SMILES string of the molecule is C=C1/C=C/CNC(=O)[C@H](Cc2ccccc2)NC(=O)[C@H](C(C)C)NC(=O)[C@H]([C@@H](C)CC)NC(=O)CC1. The first-order chi connectivity index (χ1) is 17.1. The minimum Gasteiger partial charge on any atom is -0.351 e. The van der Waals surface area contributed by atoms with Crippen LogP contribution in [0.3, 0.4) is 0 Å². The van der Waals surface area contributed by atoms with Crippen molar-refractivity contribution in [3.63, 3.8) is 0 Å². The zero-order chi connectivity index (χ0) is 26.7. The van der Waals surface area contributed by atoms with Crippen LogP contribution in [0.4, 0.5) is 0 Å². The number of benzene rings is 1. The lowest BCUT2D eigenvalue weighted by atomic mass is 9.96. The molecule has 0 aromatic heterocycles. The van der Waals surface area contributed by atoms with Crippen molar-refractivity contribution in [1.29, 1.82) is 0 Å². The summed E-state index contributed by atoms with van der Waals surface area (Å²) < 4.78 is 0. The Bertz CT molecular complexity index is 958. The molecule has 0 fully saturated rings. The number of carbonyl (C=O) groups is 4. The Hall–Kier alpha value is -3.42. The second-order valence-corrected chi connectivity index (χ2v) is 9.72. The molecule has 196 valence electrons. The Labute approximate surface area is 214 Å². The highest BCUT2D eigenvalue weighted by molar-refractivity contribution is 5.94. The molecule has 0 radical (unpaired) electrons. The topological polar surface area (TPSA) is 116 Å². The average Bonchev–Trinajstić information content (AvgIpc) is 2.85. The van der Waals surface area contributed by atoms with Gasteiger partial charge in [-0.2, -0.15) is 0 Å². The average molecular weight is 497 g/mol. The van der Waals surface area contributed by atoms with Gasteiger partial charge in [-0.3, -0.25) is 19.2 Å². The second kappa shape index (κ2) is 14.2. The van der Waals surface area contributed by atoms with Crippen molar-refractivity contribution in [3.8, 4) is 0 Å². The van der Waals surface area contributed by atoms with E-state index in [1.807, 2.05) is 58.0 Å². The van der Waals surface area contributed by atoms with Crippen LogP contribution in [-0.4, -0.2) is 48.3 Å². The first-order valence-corrected chi connectivity index (χ1v) is 12.7. The lowest BCUT2D eigenvalue weighted by Crippen LogP contribution is -2.59. The fourth-order valence-corrected chi connectivity index (χ4v) is 3.91. The van der Waals surface area contributed by atoms with Crippen LogP contribution in [0.1, 0.15) is 52.5 Å². The van der Waals surface area contributed by atoms with Gasteiger partial charge in [-0.15, -0.1) is 0 Å². The lowest BCUT2D eigenvalue weighted by molar-refractivity contribution is -0.135. The molecule has 1 aromatic rings. The lowest BCUT2D eigenvalue weighted by Gasteiger charge is -2.29. The fourth-order valence-electron chi connectivity index (χ4n) is 3.91. The van der Waals surface area contributed by atoms with Crippen molar-refractivity contribution in [2.45, 2.75) is 71.5 Å². The molecule has 36 heavy (non-hydrogen) atoms. The Morgan fingerprint density at radius 3 is 2.19 bits per heavy atom. The van der Waals surface area contributed by atoms with Crippen molar-refractivity contribution in [2.75, 3.05) is 6.54 Å². The Kier molecular flexibility index (Phi) is 11.4. The maximum Gasteiger partial charge on any atom is 0.243 e. The monoisotopic (exact) mass is 496 g/mol. The third-order valence-electron chi connectivity index (χ3n) is 6.40. The maximum absolute atomic E-state index is 13.3. The first kappa shape index (κ1) is 28.8. The molecule has 1 aromatic carbocycles. The molecule has 0 saturated carbocycles. The van der Waals surface area contributed by atoms with Gasteiger partial charge >= 0.3 is 0 Å². The molecule has 4 atom stereocenters. The molecule has 1 heterocycles. The van der Waals surface area contributed by atoms with Gasteiger partial charge in [-0.05, 0) is 23.8 Å². The van der Waals surface area contributed by atoms with Crippen LogP contribution in [-0.2, 0) is 25.6 Å². The Morgan fingerprint density at radius 1 is 0.889 bits per heavy atom. The minimum absolute atomic E-state index is 0.133. The summed E-state index contributed by atoms with van der Waals surface area (Å²) >= 11 is 0. The van der Waals surface area contributed by atoms with Gasteiger partial charge in [0.1, 0.15) is 18.1 Å². The van der Waals surface area contributed by atoms with Crippen molar-refractivity contribution in [3.05, 3.63) is 60.2 Å². The largest absolute Gasteiger partial charge is 0.351 e. The molecular formula is C28H40N4O4. The van der Waals surface area contributed by atoms with Gasteiger partial charge in [0.2, 0.25) is 23.6 Å². The van der Waals surface area contributed by atoms with Gasteiger partial charge in [0.25, 0.3) is 0 Å². The number of carbonyl (C=O) groups excluding carboxylic acids is 4. The van der Waals surface area contributed by atoms with Crippen molar-refractivity contribution in [1.82, 2.24) is 21.3 Å². The van der Waals surface area contributed by atoms with Crippen LogP contribution >= 0.6 is 0 Å². The molecule has 1 aliphatic heterocycles. The number of hydrogen-bond donors (Lipinski definition) is 4. The van der Waals surface area contributed by atoms with E-state index in [9.17, 15) is 19.2 Å². The van der Waals surface area contributed by atoms with E-state index in [4.69, 9.17) is 0 Å². The minimum atomic E-state index is -0.873. The van der Waals surface area contributed by atoms with Crippen LogP contribution in [0.5, 0.6) is 0 Å². The highest BCUT2D eigenvalue weighted by Crippen LogP contribution is 2.13. The van der Waals surface area contributed by atoms with Crippen LogP contribution in [0.25, 0.3) is 0 Å². The van der Waals surface area contributed by atoms with Gasteiger partial charge in [-0.1, -0.05) is 88.8 Å². The van der Waals surface area contributed by atoms with Gasteiger partial charge in [0.05, 0.1) is 0 Å². The predicted molar refractivity (Wildman–Crippen MR) is 141 cm³/mol. The third kappa shape index (κ3) is 8.98. The van der Waals surface area contributed by atoms with E-state index >= 15 is 0 Å². The summed E-state index contributed by atoms with van der Waals surface area (Å²) in [5.74, 6) is -1.82. The summed E-state index contributed by atoms with van der Waals surface area (Å²) in [5, 5.41) is 11.3. The molecule has 8 heteroatoms. The molecule has 0 saturated heterocycles. The number of nitrogens with one attached hydrogen (secondary N) is 4. The normalized spacial score (nSPS) is 24.7. The Morgan fingerprint density at radius 2 is 1.56 bits per heavy atom. The van der Waals surface area contributed by atoms with E-state index in [1.54, 1.807) is 12.2 Å². The second-order valence-electron chi connectivity index (χ2n) is 9.72. The Balaban J connectivity index is 2.36. The van der Waals surface area contributed by atoms with Crippen LogP contribution in [0.15, 0.2) is 54.6 Å². The number of amides is 4. The van der Waals surface area contributed by atoms with Crippen molar-refractivity contribution >= 4 is 23.6 Å². The molecule has 8 nitrogen and oxygen atoms in total. The number of allylic oxidation sites excluding steroid dienone is 2. The van der Waals surface area contributed by atoms with Gasteiger partial charge in [0, 0.05) is 19.4 Å². The molecule has 4 N–H and O–H groups in total. The third-order valence-corrected chi connectivity index (χ3v) is 6.40. The molecule has 2 rings (SSSR count). The molecule has 0 spiro atoms. The van der Waals surface area contributed by atoms with E-state index in [0.29, 0.717) is 19.3 Å². The standard InChI is InChI=1S/C28H40N4O4/c1-6-20(5)25-28(36)32-24(18(2)3)27(35)30-22(17-21-12-8-7-9-13-21)26(34)29-16-10-11-19(4)14-15-23(33)31-25/h7-13,18,20,22,24-25H,4,6,14-17H2,1-3,5H3,(H,29,34)(H,30,35)(H,31,33)(H,32,36)/b11-10+/t20-,22-,24-,25-/m0/s1. The molecule has 0 aliphatic carbocycles. The highest BCUT2D eigenvalue weighted by Gasteiger charge is 2.33. The van der Waals surface area contributed by atoms with Crippen LogP contribution in [0, 0.1) is 11.8 Å². The van der Waals surface area contributed by atoms with E-state index in [2.05, 4.69) is 27.8 Å². The number of hydrogen-bond acceptors (Lipinski definition) is 4.